The Morgan fingerprint density at radius 1 is 1.37 bits per heavy atom. The molecule has 2 fully saturated rings. The second-order valence-corrected chi connectivity index (χ2v) is 8.55. The van der Waals surface area contributed by atoms with Crippen molar-refractivity contribution in [2.45, 2.75) is 63.5 Å². The second-order valence-electron chi connectivity index (χ2n) is 7.38. The van der Waals surface area contributed by atoms with E-state index in [1.165, 1.54) is 18.4 Å². The van der Waals surface area contributed by atoms with E-state index in [1.807, 2.05) is 6.07 Å². The predicted molar refractivity (Wildman–Crippen MR) is 101 cm³/mol. The van der Waals surface area contributed by atoms with Gasteiger partial charge in [0, 0.05) is 30.4 Å². The maximum atomic E-state index is 14.6. The molecule has 1 aliphatic heterocycles. The molecule has 2 aliphatic rings. The Bertz CT molecular complexity index is 601. The quantitative estimate of drug-likeness (QED) is 0.674. The van der Waals surface area contributed by atoms with E-state index in [0.717, 1.165) is 37.0 Å². The van der Waals surface area contributed by atoms with Gasteiger partial charge in [-0.3, -0.25) is 0 Å². The maximum absolute atomic E-state index is 14.6. The van der Waals surface area contributed by atoms with E-state index >= 15 is 0 Å². The Labute approximate surface area is 163 Å². The molecule has 1 aromatic rings. The van der Waals surface area contributed by atoms with Crippen molar-refractivity contribution in [2.75, 3.05) is 20.3 Å². The van der Waals surface area contributed by atoms with Crippen LogP contribution < -0.4 is 0 Å². The molecular formula is C20H29FO5S. The first-order chi connectivity index (χ1) is 13.1. The van der Waals surface area contributed by atoms with Crippen LogP contribution in [0.3, 0.4) is 0 Å². The van der Waals surface area contributed by atoms with Crippen molar-refractivity contribution in [1.29, 1.82) is 0 Å². The molecular weight excluding hydrogens is 371 g/mol. The fourth-order valence-electron chi connectivity index (χ4n) is 4.17. The summed E-state index contributed by atoms with van der Waals surface area (Å²) >= 11 is 1.42. The van der Waals surface area contributed by atoms with Gasteiger partial charge in [-0.1, -0.05) is 0 Å². The number of alkyl halides is 1. The van der Waals surface area contributed by atoms with Gasteiger partial charge in [0.25, 0.3) is 0 Å². The second kappa shape index (κ2) is 9.96. The zero-order chi connectivity index (χ0) is 19.2. The number of carbonyl (C=O) groups excluding carboxylic acids is 1. The van der Waals surface area contributed by atoms with Gasteiger partial charge >= 0.3 is 5.97 Å². The van der Waals surface area contributed by atoms with E-state index in [1.54, 1.807) is 6.07 Å². The van der Waals surface area contributed by atoms with Gasteiger partial charge in [0.15, 0.2) is 6.29 Å². The van der Waals surface area contributed by atoms with Crippen molar-refractivity contribution in [1.82, 2.24) is 0 Å². The summed E-state index contributed by atoms with van der Waals surface area (Å²) in [6.45, 7) is 0.631. The highest BCUT2D eigenvalue weighted by Crippen LogP contribution is 2.40. The summed E-state index contributed by atoms with van der Waals surface area (Å²) in [5.74, 6) is -0.695. The molecule has 1 saturated heterocycles. The molecule has 152 valence electrons. The molecule has 5 atom stereocenters. The number of halogens is 1. The molecule has 27 heavy (non-hydrogen) atoms. The number of aliphatic hydroxyl groups excluding tert-OH is 1. The van der Waals surface area contributed by atoms with Crippen molar-refractivity contribution in [3.8, 4) is 0 Å². The van der Waals surface area contributed by atoms with Gasteiger partial charge in [0.1, 0.15) is 11.0 Å². The standard InChI is InChI=1S/C20H29FO5S/c1-24-20(23)18-9-8-13(27-18)5-4-6-14-15(12-22)17(11-16(14)21)26-19-7-2-3-10-25-19/h8-9,14-17,19,22H,2-7,10-12H2,1H3/t14?,15-,16-,17-,19?/m1/s1. The van der Waals surface area contributed by atoms with E-state index in [0.29, 0.717) is 24.3 Å². The first-order valence-electron chi connectivity index (χ1n) is 9.81. The van der Waals surface area contributed by atoms with Crippen LogP contribution in [0.5, 0.6) is 0 Å². The first-order valence-corrected chi connectivity index (χ1v) is 10.6. The minimum absolute atomic E-state index is 0.0615. The SMILES string of the molecule is COC(=O)c1ccc(CCCC2[C@H](F)C[C@@H](OC3CCCCO3)[C@@H]2CO)s1. The number of hydrogen-bond donors (Lipinski definition) is 1. The van der Waals surface area contributed by atoms with Gasteiger partial charge in [-0.15, -0.1) is 11.3 Å². The van der Waals surface area contributed by atoms with Gasteiger partial charge in [0.05, 0.1) is 13.2 Å². The highest BCUT2D eigenvalue weighted by molar-refractivity contribution is 7.13. The smallest absolute Gasteiger partial charge is 0.348 e. The molecule has 0 radical (unpaired) electrons. The lowest BCUT2D eigenvalue weighted by Crippen LogP contribution is -2.33. The molecule has 2 unspecified atom stereocenters. The van der Waals surface area contributed by atoms with Crippen LogP contribution in [0.15, 0.2) is 12.1 Å². The maximum Gasteiger partial charge on any atom is 0.348 e. The van der Waals surface area contributed by atoms with E-state index in [-0.39, 0.29) is 36.8 Å². The van der Waals surface area contributed by atoms with Crippen LogP contribution >= 0.6 is 11.3 Å². The van der Waals surface area contributed by atoms with Crippen LogP contribution in [-0.2, 0) is 20.6 Å². The van der Waals surface area contributed by atoms with Crippen LogP contribution in [0.2, 0.25) is 0 Å². The fourth-order valence-corrected chi connectivity index (χ4v) is 5.14. The molecule has 1 N–H and O–H groups in total. The number of ether oxygens (including phenoxy) is 3. The van der Waals surface area contributed by atoms with E-state index < -0.39 is 6.17 Å². The van der Waals surface area contributed by atoms with Gasteiger partial charge in [-0.25, -0.2) is 9.18 Å². The Morgan fingerprint density at radius 2 is 2.22 bits per heavy atom. The Kier molecular flexibility index (Phi) is 7.64. The van der Waals surface area contributed by atoms with Crippen molar-refractivity contribution < 1.29 is 28.5 Å². The van der Waals surface area contributed by atoms with Crippen LogP contribution in [0.1, 0.15) is 53.1 Å². The Hall–Kier alpha value is -1.02. The molecule has 0 spiro atoms. The zero-order valence-corrected chi connectivity index (χ0v) is 16.6. The molecule has 1 saturated carbocycles. The number of hydrogen-bond acceptors (Lipinski definition) is 6. The monoisotopic (exact) mass is 400 g/mol. The normalized spacial score (nSPS) is 31.1. The number of rotatable bonds is 8. The first kappa shape index (κ1) is 20.7. The largest absolute Gasteiger partial charge is 0.465 e. The molecule has 0 amide bonds. The summed E-state index contributed by atoms with van der Waals surface area (Å²) in [7, 11) is 1.37. The van der Waals surface area contributed by atoms with Crippen molar-refractivity contribution in [3.05, 3.63) is 21.9 Å². The topological polar surface area (TPSA) is 65.0 Å². The van der Waals surface area contributed by atoms with Crippen molar-refractivity contribution in [3.63, 3.8) is 0 Å². The fraction of sp³-hybridized carbons (Fsp3) is 0.750. The number of methoxy groups -OCH3 is 1. The van der Waals surface area contributed by atoms with E-state index in [4.69, 9.17) is 14.2 Å². The third-order valence-corrected chi connectivity index (χ3v) is 6.76. The summed E-state index contributed by atoms with van der Waals surface area (Å²) in [5.41, 5.74) is 0. The van der Waals surface area contributed by atoms with E-state index in [2.05, 4.69) is 0 Å². The highest BCUT2D eigenvalue weighted by Gasteiger charge is 2.44. The third-order valence-electron chi connectivity index (χ3n) is 5.63. The van der Waals surface area contributed by atoms with Gasteiger partial charge < -0.3 is 19.3 Å². The van der Waals surface area contributed by atoms with Gasteiger partial charge in [-0.2, -0.15) is 0 Å². The number of thiophene rings is 1. The predicted octanol–water partition coefficient (Wildman–Crippen LogP) is 3.74. The minimum Gasteiger partial charge on any atom is -0.465 e. The Balaban J connectivity index is 1.49. The van der Waals surface area contributed by atoms with Crippen LogP contribution in [0.4, 0.5) is 4.39 Å². The van der Waals surface area contributed by atoms with Crippen LogP contribution in [0.25, 0.3) is 0 Å². The summed E-state index contributed by atoms with van der Waals surface area (Å²) in [6.07, 6.45) is 4.11. The number of esters is 1. The number of carbonyl (C=O) groups is 1. The molecule has 0 aromatic carbocycles. The molecule has 5 nitrogen and oxygen atoms in total. The van der Waals surface area contributed by atoms with Gasteiger partial charge in [-0.05, 0) is 56.6 Å². The van der Waals surface area contributed by atoms with Crippen LogP contribution in [-0.4, -0.2) is 50.0 Å². The van der Waals surface area contributed by atoms with Gasteiger partial charge in [0.2, 0.25) is 0 Å². The lowest BCUT2D eigenvalue weighted by atomic mass is 9.90. The molecule has 1 aromatic heterocycles. The lowest BCUT2D eigenvalue weighted by molar-refractivity contribution is -0.198. The summed E-state index contributed by atoms with van der Waals surface area (Å²) < 4.78 is 30.9. The van der Waals surface area contributed by atoms with Crippen molar-refractivity contribution in [2.24, 2.45) is 11.8 Å². The summed E-state index contributed by atoms with van der Waals surface area (Å²) in [6, 6.07) is 3.69. The van der Waals surface area contributed by atoms with E-state index in [9.17, 15) is 14.3 Å². The lowest BCUT2D eigenvalue weighted by Gasteiger charge is -2.29. The summed E-state index contributed by atoms with van der Waals surface area (Å²) in [5, 5.41) is 9.83. The average Bonchev–Trinajstić information content (AvgIpc) is 3.27. The third kappa shape index (κ3) is 5.28. The molecule has 1 aliphatic carbocycles. The van der Waals surface area contributed by atoms with Crippen molar-refractivity contribution >= 4 is 17.3 Å². The zero-order valence-electron chi connectivity index (χ0n) is 15.8. The van der Waals surface area contributed by atoms with Crippen LogP contribution in [0, 0.1) is 11.8 Å². The number of aryl methyl sites for hydroxylation is 1. The highest BCUT2D eigenvalue weighted by atomic mass is 32.1. The minimum atomic E-state index is -0.954. The Morgan fingerprint density at radius 3 is 2.93 bits per heavy atom. The molecule has 0 bridgehead atoms. The summed E-state index contributed by atoms with van der Waals surface area (Å²) in [4.78, 5) is 13.2. The molecule has 2 heterocycles. The number of aliphatic hydroxyl groups is 1. The molecule has 7 heteroatoms. The molecule has 3 rings (SSSR count). The average molecular weight is 401 g/mol.